The highest BCUT2D eigenvalue weighted by Gasteiger charge is 2.38. The SMILES string of the molecule is C/N=C(\N=C(/I)c1cccc(S(C)(=O)=O)c1)C(/NCC(=O)OCCN(C)C)=C(\Br)C(=N)C(F)(F)F. The smallest absolute Gasteiger partial charge is 0.433 e. The van der Waals surface area contributed by atoms with E-state index >= 15 is 0 Å². The average Bonchev–Trinajstić information content (AvgIpc) is 2.76. The molecule has 0 saturated carbocycles. The summed E-state index contributed by atoms with van der Waals surface area (Å²) in [5.74, 6) is -1.00. The Balaban J connectivity index is 3.37. The number of aliphatic imine (C=N–C) groups is 2. The molecule has 0 atom stereocenters. The van der Waals surface area contributed by atoms with E-state index in [0.717, 1.165) is 6.26 Å². The van der Waals surface area contributed by atoms with Crippen LogP contribution in [0.2, 0.25) is 0 Å². The van der Waals surface area contributed by atoms with Crippen LogP contribution in [0.15, 0.2) is 49.3 Å². The maximum atomic E-state index is 13.2. The Morgan fingerprint density at radius 1 is 1.31 bits per heavy atom. The molecule has 0 aliphatic heterocycles. The van der Waals surface area contributed by atoms with Crippen LogP contribution < -0.4 is 5.32 Å². The van der Waals surface area contributed by atoms with E-state index in [-0.39, 0.29) is 26.8 Å². The third-order valence-corrected chi connectivity index (χ3v) is 6.84. The zero-order valence-electron chi connectivity index (χ0n) is 19.2. The van der Waals surface area contributed by atoms with Crippen molar-refractivity contribution in [3.8, 4) is 0 Å². The molecule has 1 rings (SSSR count). The van der Waals surface area contributed by atoms with Crippen molar-refractivity contribution in [1.82, 2.24) is 10.2 Å². The quantitative estimate of drug-likeness (QED) is 0.168. The van der Waals surface area contributed by atoms with Crippen LogP contribution in [-0.4, -0.2) is 87.8 Å². The summed E-state index contributed by atoms with van der Waals surface area (Å²) in [6.07, 6.45) is -3.95. The summed E-state index contributed by atoms with van der Waals surface area (Å²) < 4.78 is 67.8. The van der Waals surface area contributed by atoms with Crippen LogP contribution in [0.5, 0.6) is 0 Å². The molecule has 0 amide bonds. The van der Waals surface area contributed by atoms with Gasteiger partial charge in [0.2, 0.25) is 0 Å². The first-order valence-electron chi connectivity index (χ1n) is 9.69. The van der Waals surface area contributed by atoms with Crippen LogP contribution in [-0.2, 0) is 19.4 Å². The van der Waals surface area contributed by atoms with E-state index in [9.17, 15) is 26.4 Å². The summed E-state index contributed by atoms with van der Waals surface area (Å²) in [5, 5.41) is 9.99. The van der Waals surface area contributed by atoms with E-state index in [1.807, 2.05) is 0 Å². The van der Waals surface area contributed by atoms with Gasteiger partial charge >= 0.3 is 12.1 Å². The van der Waals surface area contributed by atoms with Gasteiger partial charge in [-0.1, -0.05) is 12.1 Å². The van der Waals surface area contributed by atoms with Crippen molar-refractivity contribution >= 4 is 69.6 Å². The minimum absolute atomic E-state index is 0.0312. The van der Waals surface area contributed by atoms with Gasteiger partial charge in [0.05, 0.1) is 15.1 Å². The summed E-state index contributed by atoms with van der Waals surface area (Å²) in [7, 11) is 1.32. The minimum Gasteiger partial charge on any atom is -0.463 e. The average molecular weight is 694 g/mol. The fourth-order valence-corrected chi connectivity index (χ4v) is 4.06. The molecule has 0 bridgehead atoms. The monoisotopic (exact) mass is 693 g/mol. The molecule has 0 unspecified atom stereocenters. The topological polar surface area (TPSA) is 124 Å². The number of nitrogens with zero attached hydrogens (tertiary/aromatic N) is 3. The van der Waals surface area contributed by atoms with Crippen molar-refractivity contribution in [2.45, 2.75) is 11.1 Å². The molecular formula is C20H24BrF3IN5O4S. The number of hydrogen-bond acceptors (Lipinski definition) is 8. The van der Waals surface area contributed by atoms with Gasteiger partial charge in [-0.25, -0.2) is 13.4 Å². The van der Waals surface area contributed by atoms with E-state index in [1.54, 1.807) is 47.7 Å². The largest absolute Gasteiger partial charge is 0.463 e. The molecule has 0 radical (unpaired) electrons. The Hall–Kier alpha value is -1.85. The van der Waals surface area contributed by atoms with E-state index in [4.69, 9.17) is 10.1 Å². The lowest BCUT2D eigenvalue weighted by atomic mass is 10.2. The number of carbonyl (C=O) groups is 1. The van der Waals surface area contributed by atoms with E-state index in [2.05, 4.69) is 31.2 Å². The van der Waals surface area contributed by atoms with Gasteiger partial charge < -0.3 is 15.0 Å². The van der Waals surface area contributed by atoms with Gasteiger partial charge in [0.1, 0.15) is 16.9 Å². The number of benzene rings is 1. The number of carbonyl (C=O) groups excluding carboxylic acids is 1. The molecule has 9 nitrogen and oxygen atoms in total. The summed E-state index contributed by atoms with van der Waals surface area (Å²) >= 11 is 4.56. The number of ether oxygens (including phenoxy) is 1. The molecule has 0 fully saturated rings. The van der Waals surface area contributed by atoms with Crippen LogP contribution in [0.4, 0.5) is 13.2 Å². The molecule has 0 heterocycles. The molecule has 0 aliphatic carbocycles. The summed E-state index contributed by atoms with van der Waals surface area (Å²) in [5.41, 5.74) is -1.71. The zero-order valence-corrected chi connectivity index (χ0v) is 23.8. The van der Waals surface area contributed by atoms with Crippen molar-refractivity contribution in [3.05, 3.63) is 40.0 Å². The highest BCUT2D eigenvalue weighted by molar-refractivity contribution is 14.1. The zero-order chi connectivity index (χ0) is 27.0. The lowest BCUT2D eigenvalue weighted by Gasteiger charge is -2.16. The van der Waals surface area contributed by atoms with Gasteiger partial charge in [0.25, 0.3) is 0 Å². The number of nitrogens with one attached hydrogen (secondary N) is 2. The molecule has 0 saturated heterocycles. The van der Waals surface area contributed by atoms with Crippen molar-refractivity contribution < 1.29 is 31.1 Å². The predicted molar refractivity (Wildman–Crippen MR) is 141 cm³/mol. The third-order valence-electron chi connectivity index (χ3n) is 4.07. The molecule has 35 heavy (non-hydrogen) atoms. The fourth-order valence-electron chi connectivity index (χ4n) is 2.29. The number of rotatable bonds is 10. The number of esters is 1. The van der Waals surface area contributed by atoms with Gasteiger partial charge in [-0.15, -0.1) is 0 Å². The van der Waals surface area contributed by atoms with Crippen LogP contribution in [0, 0.1) is 5.41 Å². The number of alkyl halides is 3. The second-order valence-corrected chi connectivity index (χ2v) is 11.0. The van der Waals surface area contributed by atoms with Gasteiger partial charge in [-0.3, -0.25) is 15.2 Å². The molecule has 194 valence electrons. The predicted octanol–water partition coefficient (Wildman–Crippen LogP) is 3.18. The number of sulfone groups is 1. The number of halogens is 5. The lowest BCUT2D eigenvalue weighted by Crippen LogP contribution is -2.32. The Bertz CT molecular complexity index is 1150. The van der Waals surface area contributed by atoms with E-state index in [1.165, 1.54) is 25.2 Å². The van der Waals surface area contributed by atoms with E-state index < -0.39 is 38.7 Å². The first-order chi connectivity index (χ1) is 16.1. The molecule has 0 aromatic heterocycles. The molecule has 2 N–H and O–H groups in total. The van der Waals surface area contributed by atoms with Crippen LogP contribution >= 0.6 is 38.5 Å². The van der Waals surface area contributed by atoms with Crippen molar-refractivity contribution in [2.75, 3.05) is 47.1 Å². The Labute approximate surface area is 223 Å². The Morgan fingerprint density at radius 2 is 1.94 bits per heavy atom. The number of amidine groups is 1. The Morgan fingerprint density at radius 3 is 2.46 bits per heavy atom. The van der Waals surface area contributed by atoms with Gasteiger partial charge in [0.15, 0.2) is 21.4 Å². The minimum atomic E-state index is -4.99. The summed E-state index contributed by atoms with van der Waals surface area (Å²) in [6.45, 7) is 0.0127. The molecular weight excluding hydrogens is 670 g/mol. The Kier molecular flexibility index (Phi) is 12.0. The van der Waals surface area contributed by atoms with Crippen LogP contribution in [0.25, 0.3) is 0 Å². The highest BCUT2D eigenvalue weighted by Crippen LogP contribution is 2.27. The number of allylic oxidation sites excluding steroid dienone is 1. The van der Waals surface area contributed by atoms with Crippen molar-refractivity contribution in [1.29, 1.82) is 5.41 Å². The van der Waals surface area contributed by atoms with Crippen LogP contribution in [0.1, 0.15) is 5.56 Å². The van der Waals surface area contributed by atoms with E-state index in [0.29, 0.717) is 12.1 Å². The van der Waals surface area contributed by atoms with Gasteiger partial charge in [0, 0.05) is 25.4 Å². The lowest BCUT2D eigenvalue weighted by molar-refractivity contribution is -0.142. The number of likely N-dealkylation sites (N-methyl/N-ethyl adjacent to an activating group) is 1. The normalized spacial score (nSPS) is 14.0. The first kappa shape index (κ1) is 31.2. The van der Waals surface area contributed by atoms with Crippen molar-refractivity contribution in [3.63, 3.8) is 0 Å². The second kappa shape index (κ2) is 13.5. The maximum Gasteiger partial charge on any atom is 0.433 e. The molecule has 1 aromatic rings. The van der Waals surface area contributed by atoms with Gasteiger partial charge in [-0.2, -0.15) is 13.2 Å². The molecule has 15 heteroatoms. The highest BCUT2D eigenvalue weighted by atomic mass is 127. The second-order valence-electron chi connectivity index (χ2n) is 7.19. The van der Waals surface area contributed by atoms with Crippen molar-refractivity contribution in [2.24, 2.45) is 9.98 Å². The molecule has 1 aromatic carbocycles. The standard InChI is InChI=1S/C20H24BrF3IN5O4S/c1-27-19(29-18(25)12-6-5-7-13(10-12)35(4,32)33)16(15(21)17(26)20(22,23)24)28-11-14(31)34-9-8-30(2)3/h5-7,10,26,28H,8-9,11H2,1-4H3/b16-15+,26-17?,27-19-,29-18-. The fraction of sp³-hybridized carbons (Fsp3) is 0.400. The number of hydrogen-bond donors (Lipinski definition) is 2. The maximum absolute atomic E-state index is 13.2. The first-order valence-corrected chi connectivity index (χ1v) is 13.5. The third kappa shape index (κ3) is 10.3. The molecule has 0 spiro atoms. The van der Waals surface area contributed by atoms with Crippen LogP contribution in [0.3, 0.4) is 0 Å². The summed E-state index contributed by atoms with van der Waals surface area (Å²) in [6, 6.07) is 5.82. The summed E-state index contributed by atoms with van der Waals surface area (Å²) in [4.78, 5) is 22.0. The van der Waals surface area contributed by atoms with Gasteiger partial charge in [-0.05, 0) is 64.7 Å². The molecule has 0 aliphatic rings.